The maximum Gasteiger partial charge on any atom is 0.357 e. The number of aryl methyl sites for hydroxylation is 2. The van der Waals surface area contributed by atoms with Gasteiger partial charge in [-0.3, -0.25) is 4.98 Å². The highest BCUT2D eigenvalue weighted by atomic mass is 32.1. The van der Waals surface area contributed by atoms with Crippen LogP contribution >= 0.6 is 11.3 Å². The van der Waals surface area contributed by atoms with Crippen molar-refractivity contribution in [1.82, 2.24) is 9.97 Å². The van der Waals surface area contributed by atoms with E-state index in [1.165, 1.54) is 18.4 Å². The molecule has 0 unspecified atom stereocenters. The number of nitrogens with zero attached hydrogens (tertiary/aromatic N) is 2. The van der Waals surface area contributed by atoms with E-state index in [-0.39, 0.29) is 0 Å². The van der Waals surface area contributed by atoms with Crippen LogP contribution in [0.15, 0.2) is 18.3 Å². The molecular weight excluding hydrogens is 248 g/mol. The highest BCUT2D eigenvalue weighted by Crippen LogP contribution is 2.29. The molecule has 0 aliphatic rings. The molecule has 0 fully saturated rings. The van der Waals surface area contributed by atoms with Crippen LogP contribution in [0.4, 0.5) is 0 Å². The number of aromatic nitrogens is 2. The van der Waals surface area contributed by atoms with Crippen LogP contribution in [0, 0.1) is 6.92 Å². The Labute approximate surface area is 110 Å². The minimum atomic E-state index is -0.399. The minimum absolute atomic E-state index is 0.380. The minimum Gasteiger partial charge on any atom is -0.464 e. The fraction of sp³-hybridized carbons (Fsp3) is 0.308. The van der Waals surface area contributed by atoms with Crippen LogP contribution in [0.25, 0.3) is 10.7 Å². The Bertz CT molecular complexity index is 578. The quantitative estimate of drug-likeness (QED) is 0.798. The third kappa shape index (κ3) is 2.26. The fourth-order valence-corrected chi connectivity index (χ4v) is 2.63. The highest BCUT2D eigenvalue weighted by Gasteiger charge is 2.18. The lowest BCUT2D eigenvalue weighted by atomic mass is 10.1. The second kappa shape index (κ2) is 5.27. The molecule has 2 rings (SSSR count). The van der Waals surface area contributed by atoms with Crippen molar-refractivity contribution in [2.24, 2.45) is 0 Å². The number of rotatable bonds is 3. The first-order valence-electron chi connectivity index (χ1n) is 5.67. The van der Waals surface area contributed by atoms with Crippen LogP contribution < -0.4 is 0 Å². The Morgan fingerprint density at radius 3 is 2.94 bits per heavy atom. The Morgan fingerprint density at radius 1 is 1.50 bits per heavy atom. The van der Waals surface area contributed by atoms with E-state index in [0.717, 1.165) is 27.6 Å². The zero-order chi connectivity index (χ0) is 13.1. The van der Waals surface area contributed by atoms with Gasteiger partial charge in [0.1, 0.15) is 10.7 Å². The normalized spacial score (nSPS) is 10.4. The zero-order valence-electron chi connectivity index (χ0n) is 10.6. The molecule has 94 valence electrons. The third-order valence-electron chi connectivity index (χ3n) is 2.65. The lowest BCUT2D eigenvalue weighted by molar-refractivity contribution is 0.0594. The predicted octanol–water partition coefficient (Wildman–Crippen LogP) is 2.86. The maximum absolute atomic E-state index is 11.5. The number of esters is 1. The van der Waals surface area contributed by atoms with Crippen molar-refractivity contribution < 1.29 is 9.53 Å². The number of thiazole rings is 1. The Kier molecular flexibility index (Phi) is 3.72. The predicted molar refractivity (Wildman–Crippen MR) is 70.8 cm³/mol. The van der Waals surface area contributed by atoms with Crippen molar-refractivity contribution in [2.75, 3.05) is 7.11 Å². The first kappa shape index (κ1) is 12.7. The van der Waals surface area contributed by atoms with Gasteiger partial charge in [-0.1, -0.05) is 13.0 Å². The second-order valence-corrected chi connectivity index (χ2v) is 4.98. The van der Waals surface area contributed by atoms with Gasteiger partial charge in [-0.05, 0) is 25.0 Å². The molecule has 0 amide bonds. The molecular formula is C13H14N2O2S. The molecule has 4 nitrogen and oxygen atoms in total. The SMILES string of the molecule is CCc1cccnc1-c1nc(C(=O)OC)c(C)s1. The first-order valence-corrected chi connectivity index (χ1v) is 6.49. The molecule has 0 saturated heterocycles. The van der Waals surface area contributed by atoms with Crippen molar-refractivity contribution in [3.05, 3.63) is 34.5 Å². The maximum atomic E-state index is 11.5. The number of hydrogen-bond donors (Lipinski definition) is 0. The van der Waals surface area contributed by atoms with Crippen LogP contribution in [0.2, 0.25) is 0 Å². The van der Waals surface area contributed by atoms with Gasteiger partial charge in [0, 0.05) is 11.1 Å². The van der Waals surface area contributed by atoms with Crippen LogP contribution in [-0.2, 0) is 11.2 Å². The van der Waals surface area contributed by atoms with Crippen molar-refractivity contribution in [3.63, 3.8) is 0 Å². The van der Waals surface area contributed by atoms with Gasteiger partial charge in [0.2, 0.25) is 0 Å². The monoisotopic (exact) mass is 262 g/mol. The molecule has 0 aliphatic carbocycles. The first-order chi connectivity index (χ1) is 8.67. The standard InChI is InChI=1S/C13H14N2O2S/c1-4-9-6-5-7-14-11(9)12-15-10(8(2)18-12)13(16)17-3/h5-7H,4H2,1-3H3. The largest absolute Gasteiger partial charge is 0.464 e. The molecule has 2 aromatic rings. The van der Waals surface area contributed by atoms with Crippen molar-refractivity contribution >= 4 is 17.3 Å². The van der Waals surface area contributed by atoms with E-state index in [1.807, 2.05) is 19.1 Å². The lowest BCUT2D eigenvalue weighted by Gasteiger charge is -2.02. The van der Waals surface area contributed by atoms with Gasteiger partial charge in [-0.15, -0.1) is 11.3 Å². The Balaban J connectivity index is 2.49. The van der Waals surface area contributed by atoms with Crippen LogP contribution in [0.1, 0.15) is 27.9 Å². The van der Waals surface area contributed by atoms with E-state index in [4.69, 9.17) is 4.74 Å². The lowest BCUT2D eigenvalue weighted by Crippen LogP contribution is -2.03. The molecule has 18 heavy (non-hydrogen) atoms. The third-order valence-corrected chi connectivity index (χ3v) is 3.63. The van der Waals surface area contributed by atoms with Crippen LogP contribution in [0.3, 0.4) is 0 Å². The number of carbonyl (C=O) groups is 1. The van der Waals surface area contributed by atoms with E-state index in [9.17, 15) is 4.79 Å². The Morgan fingerprint density at radius 2 is 2.28 bits per heavy atom. The second-order valence-electron chi connectivity index (χ2n) is 3.78. The van der Waals surface area contributed by atoms with Crippen LogP contribution in [0.5, 0.6) is 0 Å². The summed E-state index contributed by atoms with van der Waals surface area (Å²) in [5, 5.41) is 0.769. The summed E-state index contributed by atoms with van der Waals surface area (Å²) in [7, 11) is 1.36. The van der Waals surface area contributed by atoms with E-state index < -0.39 is 5.97 Å². The summed E-state index contributed by atoms with van der Waals surface area (Å²) in [4.78, 5) is 21.1. The van der Waals surface area contributed by atoms with E-state index in [1.54, 1.807) is 6.20 Å². The summed E-state index contributed by atoms with van der Waals surface area (Å²) in [5.74, 6) is -0.399. The number of ether oxygens (including phenoxy) is 1. The van der Waals surface area contributed by atoms with E-state index in [2.05, 4.69) is 16.9 Å². The summed E-state index contributed by atoms with van der Waals surface area (Å²) in [6, 6.07) is 3.93. The molecule has 2 heterocycles. The molecule has 0 radical (unpaired) electrons. The average Bonchev–Trinajstić information content (AvgIpc) is 2.79. The molecule has 2 aromatic heterocycles. The van der Waals surface area contributed by atoms with Crippen LogP contribution in [-0.4, -0.2) is 23.0 Å². The fourth-order valence-electron chi connectivity index (χ4n) is 1.70. The number of carbonyl (C=O) groups excluding carboxylic acids is 1. The van der Waals surface area contributed by atoms with E-state index in [0.29, 0.717) is 5.69 Å². The Hall–Kier alpha value is -1.75. The van der Waals surface area contributed by atoms with Gasteiger partial charge in [0.25, 0.3) is 0 Å². The summed E-state index contributed by atoms with van der Waals surface area (Å²) >= 11 is 1.47. The smallest absolute Gasteiger partial charge is 0.357 e. The molecule has 0 N–H and O–H groups in total. The van der Waals surface area contributed by atoms with Gasteiger partial charge in [0.15, 0.2) is 5.69 Å². The van der Waals surface area contributed by atoms with Gasteiger partial charge < -0.3 is 4.74 Å². The number of methoxy groups -OCH3 is 1. The van der Waals surface area contributed by atoms with Gasteiger partial charge >= 0.3 is 5.97 Å². The molecule has 5 heteroatoms. The molecule has 0 spiro atoms. The summed E-state index contributed by atoms with van der Waals surface area (Å²) < 4.78 is 4.71. The molecule has 0 bridgehead atoms. The van der Waals surface area contributed by atoms with Gasteiger partial charge in [-0.25, -0.2) is 9.78 Å². The average molecular weight is 262 g/mol. The summed E-state index contributed by atoms with van der Waals surface area (Å²) in [6.45, 7) is 3.93. The van der Waals surface area contributed by atoms with Gasteiger partial charge in [-0.2, -0.15) is 0 Å². The number of hydrogen-bond acceptors (Lipinski definition) is 5. The van der Waals surface area contributed by atoms with Crippen molar-refractivity contribution in [3.8, 4) is 10.7 Å². The van der Waals surface area contributed by atoms with E-state index >= 15 is 0 Å². The molecule has 0 atom stereocenters. The molecule has 0 aliphatic heterocycles. The number of pyridine rings is 1. The topological polar surface area (TPSA) is 52.1 Å². The van der Waals surface area contributed by atoms with Gasteiger partial charge in [0.05, 0.1) is 7.11 Å². The summed E-state index contributed by atoms with van der Waals surface area (Å²) in [5.41, 5.74) is 2.36. The van der Waals surface area contributed by atoms with Crippen molar-refractivity contribution in [2.45, 2.75) is 20.3 Å². The molecule has 0 aromatic carbocycles. The summed E-state index contributed by atoms with van der Waals surface area (Å²) in [6.07, 6.45) is 2.62. The van der Waals surface area contributed by atoms with Crippen molar-refractivity contribution in [1.29, 1.82) is 0 Å². The highest BCUT2D eigenvalue weighted by molar-refractivity contribution is 7.15. The molecule has 0 saturated carbocycles. The zero-order valence-corrected chi connectivity index (χ0v) is 11.4.